The summed E-state index contributed by atoms with van der Waals surface area (Å²) in [6.45, 7) is 3.36. The van der Waals surface area contributed by atoms with Crippen LogP contribution in [0.3, 0.4) is 0 Å². The van der Waals surface area contributed by atoms with E-state index in [-0.39, 0.29) is 6.42 Å². The van der Waals surface area contributed by atoms with E-state index in [1.54, 1.807) is 19.9 Å². The molecule has 0 saturated heterocycles. The van der Waals surface area contributed by atoms with Crippen molar-refractivity contribution < 1.29 is 41.7 Å². The zero-order chi connectivity index (χ0) is 23.2. The van der Waals surface area contributed by atoms with Crippen LogP contribution in [0.5, 0.6) is 0 Å². The highest BCUT2D eigenvalue weighted by Crippen LogP contribution is 2.42. The molecule has 30 heavy (non-hydrogen) atoms. The first kappa shape index (κ1) is 26.5. The first-order chi connectivity index (χ1) is 13.6. The van der Waals surface area contributed by atoms with Crippen molar-refractivity contribution in [2.75, 3.05) is 0 Å². The number of rotatable bonds is 6. The van der Waals surface area contributed by atoms with Crippen molar-refractivity contribution in [1.82, 2.24) is 0 Å². The molecule has 0 aromatic rings. The average Bonchev–Trinajstić information content (AvgIpc) is 2.54. The van der Waals surface area contributed by atoms with E-state index in [4.69, 9.17) is 5.11 Å². The molecule has 1 aliphatic rings. The summed E-state index contributed by atoms with van der Waals surface area (Å²) in [6, 6.07) is 0. The minimum Gasteiger partial charge on any atom is -0.393 e. The van der Waals surface area contributed by atoms with E-state index in [1.165, 1.54) is 0 Å². The predicted molar refractivity (Wildman–Crippen MR) is 100 cm³/mol. The monoisotopic (exact) mass is 442 g/mol. The Labute approximate surface area is 172 Å². The van der Waals surface area contributed by atoms with Gasteiger partial charge in [-0.15, -0.1) is 0 Å². The Balaban J connectivity index is 2.55. The fraction of sp³-hybridized carbons (Fsp3) is 0.714. The number of aliphatic hydroxyl groups excluding tert-OH is 2. The molecule has 1 aliphatic carbocycles. The lowest BCUT2D eigenvalue weighted by atomic mass is 9.84. The van der Waals surface area contributed by atoms with Crippen LogP contribution >= 0.6 is 0 Å². The van der Waals surface area contributed by atoms with Crippen LogP contribution in [0.15, 0.2) is 23.8 Å². The van der Waals surface area contributed by atoms with Crippen molar-refractivity contribution in [3.05, 3.63) is 23.8 Å². The Kier molecular flexibility index (Phi) is 9.03. The number of halogens is 6. The summed E-state index contributed by atoms with van der Waals surface area (Å²) in [6.07, 6.45) is -4.54. The van der Waals surface area contributed by atoms with E-state index < -0.39 is 35.6 Å². The van der Waals surface area contributed by atoms with E-state index in [0.717, 1.165) is 11.5 Å². The van der Waals surface area contributed by atoms with Gasteiger partial charge in [-0.1, -0.05) is 43.6 Å². The number of alkyl halides is 6. The molecular formula is C21H28F6O3. The third-order valence-electron chi connectivity index (χ3n) is 4.89. The van der Waals surface area contributed by atoms with Crippen LogP contribution in [-0.4, -0.2) is 45.5 Å². The third kappa shape index (κ3) is 7.97. The number of hydrogen-bond donors (Lipinski definition) is 3. The average molecular weight is 442 g/mol. The Bertz CT molecular complexity index is 654. The van der Waals surface area contributed by atoms with Gasteiger partial charge in [-0.2, -0.15) is 26.3 Å². The summed E-state index contributed by atoms with van der Waals surface area (Å²) in [5.74, 6) is 2.85. The maximum absolute atomic E-state index is 12.6. The quantitative estimate of drug-likeness (QED) is 0.314. The van der Waals surface area contributed by atoms with E-state index in [2.05, 4.69) is 0 Å². The van der Waals surface area contributed by atoms with E-state index in [9.17, 15) is 36.6 Å². The Morgan fingerprint density at radius 1 is 1.00 bits per heavy atom. The SMILES string of the molecule is CC(C)(CC#CC(O)(C(F)(F)F)C(F)(F)F)CCC/C=C/C=C1CC(O)CC(O)C1. The molecule has 0 radical (unpaired) electrons. The lowest BCUT2D eigenvalue weighted by molar-refractivity contribution is -0.343. The minimum atomic E-state index is -5.94. The van der Waals surface area contributed by atoms with Gasteiger partial charge < -0.3 is 15.3 Å². The van der Waals surface area contributed by atoms with Crippen LogP contribution in [0.25, 0.3) is 0 Å². The highest BCUT2D eigenvalue weighted by molar-refractivity contribution is 5.21. The zero-order valence-corrected chi connectivity index (χ0v) is 16.9. The molecule has 3 nitrogen and oxygen atoms in total. The van der Waals surface area contributed by atoms with Gasteiger partial charge in [0.25, 0.3) is 0 Å². The Hall–Kier alpha value is -1.50. The number of allylic oxidation sites excluding steroid dienone is 3. The van der Waals surface area contributed by atoms with Gasteiger partial charge in [0.1, 0.15) is 0 Å². The smallest absolute Gasteiger partial charge is 0.393 e. The van der Waals surface area contributed by atoms with Crippen molar-refractivity contribution in [2.45, 2.75) is 89.0 Å². The predicted octanol–water partition coefficient (Wildman–Crippen LogP) is 4.82. The lowest BCUT2D eigenvalue weighted by Gasteiger charge is -2.27. The standard InChI is InChI=1S/C21H28F6O3/c1-18(2,10-7-11-19(30,20(22,23)24)21(25,26)27)9-6-4-3-5-8-15-12-16(28)14-17(29)13-15/h3,5,8,16-17,28-30H,4,6,9-10,12-14H2,1-2H3/b5-3+,15-8?. The van der Waals surface area contributed by atoms with Crippen LogP contribution in [0.4, 0.5) is 26.3 Å². The topological polar surface area (TPSA) is 60.7 Å². The van der Waals surface area contributed by atoms with E-state index in [0.29, 0.717) is 38.5 Å². The normalized spacial score (nSPS) is 21.5. The summed E-state index contributed by atoms with van der Waals surface area (Å²) in [5.41, 5.74) is -4.73. The highest BCUT2D eigenvalue weighted by Gasteiger charge is 2.70. The molecule has 2 unspecified atom stereocenters. The van der Waals surface area contributed by atoms with Crippen molar-refractivity contribution in [3.8, 4) is 11.8 Å². The summed E-state index contributed by atoms with van der Waals surface area (Å²) in [7, 11) is 0. The van der Waals surface area contributed by atoms with Gasteiger partial charge in [0.05, 0.1) is 12.2 Å². The molecular weight excluding hydrogens is 414 g/mol. The molecule has 3 N–H and O–H groups in total. The molecule has 172 valence electrons. The highest BCUT2D eigenvalue weighted by atomic mass is 19.4. The first-order valence-electron chi connectivity index (χ1n) is 9.64. The van der Waals surface area contributed by atoms with Crippen LogP contribution in [0, 0.1) is 17.3 Å². The largest absolute Gasteiger partial charge is 0.438 e. The van der Waals surface area contributed by atoms with Gasteiger partial charge >= 0.3 is 18.0 Å². The molecule has 0 heterocycles. The van der Waals surface area contributed by atoms with Gasteiger partial charge in [0.15, 0.2) is 0 Å². The van der Waals surface area contributed by atoms with Gasteiger partial charge in [0, 0.05) is 6.42 Å². The van der Waals surface area contributed by atoms with Gasteiger partial charge in [-0.3, -0.25) is 0 Å². The molecule has 0 aliphatic heterocycles. The third-order valence-corrected chi connectivity index (χ3v) is 4.89. The van der Waals surface area contributed by atoms with E-state index >= 15 is 0 Å². The van der Waals surface area contributed by atoms with Crippen molar-refractivity contribution in [2.24, 2.45) is 5.41 Å². The number of hydrogen-bond acceptors (Lipinski definition) is 3. The maximum atomic E-state index is 12.6. The summed E-state index contributed by atoms with van der Waals surface area (Å²) in [4.78, 5) is 0. The van der Waals surface area contributed by atoms with Crippen LogP contribution < -0.4 is 0 Å². The molecule has 1 fully saturated rings. The van der Waals surface area contributed by atoms with Crippen LogP contribution in [0.1, 0.15) is 58.8 Å². The second kappa shape index (κ2) is 10.2. The maximum Gasteiger partial charge on any atom is 0.438 e. The van der Waals surface area contributed by atoms with Crippen molar-refractivity contribution >= 4 is 0 Å². The second-order valence-electron chi connectivity index (χ2n) is 8.45. The molecule has 0 aromatic heterocycles. The second-order valence-corrected chi connectivity index (χ2v) is 8.45. The zero-order valence-electron chi connectivity index (χ0n) is 16.9. The van der Waals surface area contributed by atoms with Gasteiger partial charge in [-0.05, 0) is 49.9 Å². The molecule has 0 spiro atoms. The van der Waals surface area contributed by atoms with Crippen LogP contribution in [0.2, 0.25) is 0 Å². The van der Waals surface area contributed by atoms with E-state index in [1.807, 2.05) is 18.1 Å². The molecule has 9 heteroatoms. The molecule has 2 atom stereocenters. The summed E-state index contributed by atoms with van der Waals surface area (Å²) in [5, 5.41) is 28.3. The summed E-state index contributed by atoms with van der Waals surface area (Å²) < 4.78 is 75.6. The Morgan fingerprint density at radius 2 is 1.53 bits per heavy atom. The van der Waals surface area contributed by atoms with Gasteiger partial charge in [0.2, 0.25) is 0 Å². The first-order valence-corrected chi connectivity index (χ1v) is 9.64. The fourth-order valence-corrected chi connectivity index (χ4v) is 3.11. The molecule has 1 saturated carbocycles. The van der Waals surface area contributed by atoms with Crippen molar-refractivity contribution in [3.63, 3.8) is 0 Å². The number of aliphatic hydroxyl groups is 3. The molecule has 0 bridgehead atoms. The minimum absolute atomic E-state index is 0.231. The molecule has 1 rings (SSSR count). The van der Waals surface area contributed by atoms with Gasteiger partial charge in [-0.25, -0.2) is 0 Å². The lowest BCUT2D eigenvalue weighted by Crippen LogP contribution is -2.55. The molecule has 0 amide bonds. The molecule has 0 aromatic carbocycles. The van der Waals surface area contributed by atoms with Crippen LogP contribution in [-0.2, 0) is 0 Å². The Morgan fingerprint density at radius 3 is 2.03 bits per heavy atom. The summed E-state index contributed by atoms with van der Waals surface area (Å²) >= 11 is 0. The fourth-order valence-electron chi connectivity index (χ4n) is 3.11. The van der Waals surface area contributed by atoms with Crippen molar-refractivity contribution in [1.29, 1.82) is 0 Å². The number of unbranched alkanes of at least 4 members (excludes halogenated alkanes) is 1.